The lowest BCUT2D eigenvalue weighted by molar-refractivity contribution is -0.120. The molecule has 2 heterocycles. The minimum atomic E-state index is -0.308. The molecule has 1 aromatic carbocycles. The quantitative estimate of drug-likeness (QED) is 0.742. The molecular formula is C14H17BrN4O2. The molecule has 2 aliphatic rings. The van der Waals surface area contributed by atoms with Crippen molar-refractivity contribution in [3.63, 3.8) is 0 Å². The summed E-state index contributed by atoms with van der Waals surface area (Å²) in [5, 5.41) is 8.77. The summed E-state index contributed by atoms with van der Waals surface area (Å²) in [5.74, 6) is 0.0441. The Kier molecular flexibility index (Phi) is 3.86. The monoisotopic (exact) mass is 352 g/mol. The van der Waals surface area contributed by atoms with Gasteiger partial charge in [0.15, 0.2) is 0 Å². The molecule has 0 aromatic heterocycles. The predicted molar refractivity (Wildman–Crippen MR) is 84.4 cm³/mol. The standard InChI is InChI=1S/C14H17BrN4O2/c1-16-13-8-6-9(15)11(7-10(8)18-14(13)21)19-4-2-12(20)17-3-5-19/h6-7,13,16H,2-5H2,1H3,(H,17,20)(H,18,21). The third-order valence-electron chi connectivity index (χ3n) is 3.89. The molecular weight excluding hydrogens is 336 g/mol. The molecule has 112 valence electrons. The SMILES string of the molecule is CNC1C(=O)Nc2cc(N3CCNC(=O)CC3)c(Br)cc21. The first-order chi connectivity index (χ1) is 10.1. The highest BCUT2D eigenvalue weighted by molar-refractivity contribution is 9.10. The van der Waals surface area contributed by atoms with E-state index in [4.69, 9.17) is 0 Å². The Bertz CT molecular complexity index is 605. The van der Waals surface area contributed by atoms with Gasteiger partial charge in [0.1, 0.15) is 6.04 Å². The van der Waals surface area contributed by atoms with Gasteiger partial charge in [-0.15, -0.1) is 0 Å². The topological polar surface area (TPSA) is 73.5 Å². The van der Waals surface area contributed by atoms with Crippen LogP contribution in [-0.2, 0) is 9.59 Å². The number of benzene rings is 1. The van der Waals surface area contributed by atoms with E-state index in [-0.39, 0.29) is 17.9 Å². The van der Waals surface area contributed by atoms with Crippen LogP contribution in [0.5, 0.6) is 0 Å². The van der Waals surface area contributed by atoms with E-state index in [1.54, 1.807) is 7.05 Å². The van der Waals surface area contributed by atoms with E-state index in [9.17, 15) is 9.59 Å². The fraction of sp³-hybridized carbons (Fsp3) is 0.429. The maximum atomic E-state index is 11.9. The van der Waals surface area contributed by atoms with Gasteiger partial charge in [-0.2, -0.15) is 0 Å². The summed E-state index contributed by atoms with van der Waals surface area (Å²) in [4.78, 5) is 25.5. The number of hydrogen-bond acceptors (Lipinski definition) is 4. The molecule has 1 aromatic rings. The second kappa shape index (κ2) is 5.65. The number of halogens is 1. The Morgan fingerprint density at radius 1 is 1.33 bits per heavy atom. The first kappa shape index (κ1) is 14.3. The van der Waals surface area contributed by atoms with Crippen molar-refractivity contribution >= 4 is 39.1 Å². The van der Waals surface area contributed by atoms with Gasteiger partial charge in [0.2, 0.25) is 11.8 Å². The molecule has 1 fully saturated rings. The molecule has 3 N–H and O–H groups in total. The Labute approximate surface area is 131 Å². The van der Waals surface area contributed by atoms with Crippen molar-refractivity contribution in [3.05, 3.63) is 22.2 Å². The highest BCUT2D eigenvalue weighted by Gasteiger charge is 2.31. The maximum Gasteiger partial charge on any atom is 0.246 e. The van der Waals surface area contributed by atoms with Crippen LogP contribution in [0.25, 0.3) is 0 Å². The molecule has 1 unspecified atom stereocenters. The number of likely N-dealkylation sites (N-methyl/N-ethyl adjacent to an activating group) is 1. The third-order valence-corrected chi connectivity index (χ3v) is 4.53. The second-order valence-electron chi connectivity index (χ2n) is 5.19. The van der Waals surface area contributed by atoms with Crippen LogP contribution in [0.15, 0.2) is 16.6 Å². The summed E-state index contributed by atoms with van der Waals surface area (Å²) < 4.78 is 0.937. The van der Waals surface area contributed by atoms with Crippen molar-refractivity contribution in [2.45, 2.75) is 12.5 Å². The first-order valence-corrected chi connectivity index (χ1v) is 7.72. The lowest BCUT2D eigenvalue weighted by Crippen LogP contribution is -2.28. The van der Waals surface area contributed by atoms with E-state index >= 15 is 0 Å². The largest absolute Gasteiger partial charge is 0.368 e. The van der Waals surface area contributed by atoms with Crippen LogP contribution in [0.2, 0.25) is 0 Å². The van der Waals surface area contributed by atoms with Crippen LogP contribution < -0.4 is 20.9 Å². The van der Waals surface area contributed by atoms with Crippen molar-refractivity contribution in [1.82, 2.24) is 10.6 Å². The predicted octanol–water partition coefficient (Wildman–Crippen LogP) is 0.988. The summed E-state index contributed by atoms with van der Waals surface area (Å²) >= 11 is 3.59. The van der Waals surface area contributed by atoms with Gasteiger partial charge < -0.3 is 20.9 Å². The molecule has 7 heteroatoms. The Balaban J connectivity index is 1.93. The van der Waals surface area contributed by atoms with E-state index in [0.717, 1.165) is 28.0 Å². The molecule has 0 bridgehead atoms. The first-order valence-electron chi connectivity index (χ1n) is 6.93. The number of carbonyl (C=O) groups is 2. The normalized spacial score (nSPS) is 21.6. The molecule has 2 amide bonds. The van der Waals surface area contributed by atoms with Gasteiger partial charge in [0.25, 0.3) is 0 Å². The third kappa shape index (κ3) is 2.63. The van der Waals surface area contributed by atoms with Gasteiger partial charge in [0.05, 0.1) is 5.69 Å². The van der Waals surface area contributed by atoms with E-state index < -0.39 is 0 Å². The van der Waals surface area contributed by atoms with Crippen LogP contribution in [0.1, 0.15) is 18.0 Å². The van der Waals surface area contributed by atoms with E-state index in [2.05, 4.69) is 36.8 Å². The zero-order valence-corrected chi connectivity index (χ0v) is 13.3. The minimum absolute atomic E-state index is 0.0377. The molecule has 0 saturated carbocycles. The minimum Gasteiger partial charge on any atom is -0.368 e. The van der Waals surface area contributed by atoms with E-state index in [1.165, 1.54) is 0 Å². The Morgan fingerprint density at radius 3 is 2.90 bits per heavy atom. The molecule has 2 aliphatic heterocycles. The van der Waals surface area contributed by atoms with Gasteiger partial charge in [-0.1, -0.05) is 0 Å². The van der Waals surface area contributed by atoms with Crippen LogP contribution in [0, 0.1) is 0 Å². The number of nitrogens with one attached hydrogen (secondary N) is 3. The molecule has 1 saturated heterocycles. The lowest BCUT2D eigenvalue weighted by Gasteiger charge is -2.24. The lowest BCUT2D eigenvalue weighted by atomic mass is 10.1. The van der Waals surface area contributed by atoms with Crippen LogP contribution in [0.4, 0.5) is 11.4 Å². The van der Waals surface area contributed by atoms with Crippen molar-refractivity contribution < 1.29 is 9.59 Å². The number of fused-ring (bicyclic) bond motifs is 1. The maximum absolute atomic E-state index is 11.9. The summed E-state index contributed by atoms with van der Waals surface area (Å²) in [5.41, 5.74) is 2.78. The number of amides is 2. The van der Waals surface area contributed by atoms with Gasteiger partial charge >= 0.3 is 0 Å². The van der Waals surface area contributed by atoms with Crippen LogP contribution in [-0.4, -0.2) is 38.5 Å². The zero-order valence-electron chi connectivity index (χ0n) is 11.7. The van der Waals surface area contributed by atoms with Crippen molar-refractivity contribution in [3.8, 4) is 0 Å². The fourth-order valence-corrected chi connectivity index (χ4v) is 3.42. The molecule has 0 aliphatic carbocycles. The van der Waals surface area contributed by atoms with Crippen molar-refractivity contribution in [1.29, 1.82) is 0 Å². The van der Waals surface area contributed by atoms with Crippen molar-refractivity contribution in [2.75, 3.05) is 36.9 Å². The molecule has 3 rings (SSSR count). The van der Waals surface area contributed by atoms with Gasteiger partial charge in [-0.3, -0.25) is 9.59 Å². The summed E-state index contributed by atoms with van der Waals surface area (Å²) in [6.45, 7) is 2.06. The number of hydrogen-bond donors (Lipinski definition) is 3. The number of rotatable bonds is 2. The number of carbonyl (C=O) groups excluding carboxylic acids is 2. The van der Waals surface area contributed by atoms with Crippen molar-refractivity contribution in [2.24, 2.45) is 0 Å². The molecule has 21 heavy (non-hydrogen) atoms. The summed E-state index contributed by atoms with van der Waals surface area (Å²) in [7, 11) is 1.77. The number of nitrogens with zero attached hydrogens (tertiary/aromatic N) is 1. The fourth-order valence-electron chi connectivity index (χ4n) is 2.81. The van der Waals surface area contributed by atoms with E-state index in [0.29, 0.717) is 19.5 Å². The summed E-state index contributed by atoms with van der Waals surface area (Å²) in [6.07, 6.45) is 0.481. The smallest absolute Gasteiger partial charge is 0.246 e. The van der Waals surface area contributed by atoms with E-state index in [1.807, 2.05) is 12.1 Å². The average Bonchev–Trinajstić information content (AvgIpc) is 2.61. The molecule has 6 nitrogen and oxygen atoms in total. The summed E-state index contributed by atoms with van der Waals surface area (Å²) in [6, 6.07) is 3.65. The molecule has 1 atom stereocenters. The highest BCUT2D eigenvalue weighted by atomic mass is 79.9. The van der Waals surface area contributed by atoms with Gasteiger partial charge in [-0.05, 0) is 35.1 Å². The zero-order chi connectivity index (χ0) is 15.0. The van der Waals surface area contributed by atoms with Crippen LogP contribution >= 0.6 is 15.9 Å². The number of anilines is 2. The average molecular weight is 353 g/mol. The Morgan fingerprint density at radius 2 is 2.14 bits per heavy atom. The highest BCUT2D eigenvalue weighted by Crippen LogP contribution is 2.39. The van der Waals surface area contributed by atoms with Crippen LogP contribution in [0.3, 0.4) is 0 Å². The molecule has 0 spiro atoms. The Hall–Kier alpha value is -1.60. The molecule has 0 radical (unpaired) electrons. The van der Waals surface area contributed by atoms with Gasteiger partial charge in [0, 0.05) is 41.8 Å². The second-order valence-corrected chi connectivity index (χ2v) is 6.04. The van der Waals surface area contributed by atoms with Gasteiger partial charge in [-0.25, -0.2) is 0 Å².